The van der Waals surface area contributed by atoms with E-state index < -0.39 is 0 Å². The molecular weight excluding hydrogens is 218 g/mol. The van der Waals surface area contributed by atoms with Gasteiger partial charge < -0.3 is 10.1 Å². The number of rotatable bonds is 7. The predicted octanol–water partition coefficient (Wildman–Crippen LogP) is 2.93. The topological polar surface area (TPSA) is 21.3 Å². The lowest BCUT2D eigenvalue weighted by atomic mass is 10.3. The van der Waals surface area contributed by atoms with Crippen molar-refractivity contribution in [2.45, 2.75) is 30.2 Å². The summed E-state index contributed by atoms with van der Waals surface area (Å²) in [7, 11) is 0. The van der Waals surface area contributed by atoms with Gasteiger partial charge in [0.15, 0.2) is 0 Å². The SMILES string of the molecule is CSc1ccccc1OCCCNC1CC1. The maximum absolute atomic E-state index is 5.77. The van der Waals surface area contributed by atoms with Crippen LogP contribution in [-0.2, 0) is 0 Å². The van der Waals surface area contributed by atoms with E-state index in [0.29, 0.717) is 0 Å². The maximum atomic E-state index is 5.77. The minimum atomic E-state index is 0.803. The molecule has 1 N–H and O–H groups in total. The molecule has 0 heterocycles. The Hall–Kier alpha value is -0.670. The lowest BCUT2D eigenvalue weighted by molar-refractivity contribution is 0.301. The highest BCUT2D eigenvalue weighted by atomic mass is 32.2. The second-order valence-electron chi connectivity index (χ2n) is 4.08. The molecule has 0 spiro atoms. The van der Waals surface area contributed by atoms with Gasteiger partial charge in [-0.2, -0.15) is 0 Å². The van der Waals surface area contributed by atoms with E-state index in [4.69, 9.17) is 4.74 Å². The van der Waals surface area contributed by atoms with Crippen LogP contribution in [0, 0.1) is 0 Å². The molecule has 0 saturated heterocycles. The first-order chi connectivity index (χ1) is 7.90. The second kappa shape index (κ2) is 6.16. The average Bonchev–Trinajstić information content (AvgIpc) is 3.13. The second-order valence-corrected chi connectivity index (χ2v) is 4.93. The fourth-order valence-corrected chi connectivity index (χ4v) is 2.13. The lowest BCUT2D eigenvalue weighted by Gasteiger charge is -2.09. The van der Waals surface area contributed by atoms with E-state index in [2.05, 4.69) is 17.6 Å². The molecule has 1 aliphatic rings. The van der Waals surface area contributed by atoms with Crippen LogP contribution in [0.4, 0.5) is 0 Å². The maximum Gasteiger partial charge on any atom is 0.132 e. The van der Waals surface area contributed by atoms with Crippen LogP contribution in [0.25, 0.3) is 0 Å². The van der Waals surface area contributed by atoms with Crippen molar-refractivity contribution >= 4 is 11.8 Å². The lowest BCUT2D eigenvalue weighted by Crippen LogP contribution is -2.19. The summed E-state index contributed by atoms with van der Waals surface area (Å²) in [5, 5.41) is 3.49. The highest BCUT2D eigenvalue weighted by Gasteiger charge is 2.19. The van der Waals surface area contributed by atoms with Crippen molar-refractivity contribution in [1.29, 1.82) is 0 Å². The minimum Gasteiger partial charge on any atom is -0.492 e. The Morgan fingerprint density at radius 3 is 2.94 bits per heavy atom. The van der Waals surface area contributed by atoms with Crippen LogP contribution in [0.2, 0.25) is 0 Å². The van der Waals surface area contributed by atoms with E-state index in [0.717, 1.165) is 31.4 Å². The van der Waals surface area contributed by atoms with Gasteiger partial charge in [0.2, 0.25) is 0 Å². The van der Waals surface area contributed by atoms with Crippen molar-refractivity contribution < 1.29 is 4.74 Å². The molecule has 1 aromatic carbocycles. The number of benzene rings is 1. The van der Waals surface area contributed by atoms with Gasteiger partial charge in [-0.05, 0) is 44.2 Å². The van der Waals surface area contributed by atoms with Gasteiger partial charge >= 0.3 is 0 Å². The molecule has 0 aliphatic heterocycles. The first-order valence-corrected chi connectivity index (χ1v) is 7.12. The Labute approximate surface area is 102 Å². The smallest absolute Gasteiger partial charge is 0.132 e. The highest BCUT2D eigenvalue weighted by molar-refractivity contribution is 7.98. The van der Waals surface area contributed by atoms with Crippen LogP contribution in [0.15, 0.2) is 29.2 Å². The van der Waals surface area contributed by atoms with Crippen molar-refractivity contribution in [3.05, 3.63) is 24.3 Å². The molecule has 2 nitrogen and oxygen atoms in total. The van der Waals surface area contributed by atoms with Crippen LogP contribution < -0.4 is 10.1 Å². The molecule has 88 valence electrons. The molecule has 0 radical (unpaired) electrons. The van der Waals surface area contributed by atoms with Crippen molar-refractivity contribution in [2.75, 3.05) is 19.4 Å². The summed E-state index contributed by atoms with van der Waals surface area (Å²) in [4.78, 5) is 1.22. The largest absolute Gasteiger partial charge is 0.492 e. The fourth-order valence-electron chi connectivity index (χ4n) is 1.59. The third-order valence-electron chi connectivity index (χ3n) is 2.66. The van der Waals surface area contributed by atoms with Crippen LogP contribution in [0.3, 0.4) is 0 Å². The predicted molar refractivity (Wildman–Crippen MR) is 69.4 cm³/mol. The minimum absolute atomic E-state index is 0.803. The summed E-state index contributed by atoms with van der Waals surface area (Å²) >= 11 is 1.73. The standard InChI is InChI=1S/C13H19NOS/c1-16-13-6-3-2-5-12(13)15-10-4-9-14-11-7-8-11/h2-3,5-6,11,14H,4,7-10H2,1H3. The third kappa shape index (κ3) is 3.72. The van der Waals surface area contributed by atoms with Gasteiger partial charge in [-0.25, -0.2) is 0 Å². The zero-order valence-corrected chi connectivity index (χ0v) is 10.6. The molecule has 0 unspecified atom stereocenters. The molecular formula is C13H19NOS. The van der Waals surface area contributed by atoms with Crippen LogP contribution >= 0.6 is 11.8 Å². The Balaban J connectivity index is 1.67. The molecule has 1 aliphatic carbocycles. The number of nitrogens with one attached hydrogen (secondary N) is 1. The molecule has 0 amide bonds. The number of ether oxygens (including phenoxy) is 1. The Kier molecular flexibility index (Phi) is 4.55. The van der Waals surface area contributed by atoms with Crippen molar-refractivity contribution in [2.24, 2.45) is 0 Å². The molecule has 0 atom stereocenters. The van der Waals surface area contributed by atoms with Crippen LogP contribution in [0.5, 0.6) is 5.75 Å². The van der Waals surface area contributed by atoms with E-state index in [1.54, 1.807) is 11.8 Å². The molecule has 1 fully saturated rings. The highest BCUT2D eigenvalue weighted by Crippen LogP contribution is 2.26. The van der Waals surface area contributed by atoms with Crippen LogP contribution in [0.1, 0.15) is 19.3 Å². The molecule has 2 rings (SSSR count). The third-order valence-corrected chi connectivity index (χ3v) is 3.44. The quantitative estimate of drug-likeness (QED) is 0.582. The first kappa shape index (κ1) is 11.8. The zero-order valence-electron chi connectivity index (χ0n) is 9.74. The summed E-state index contributed by atoms with van der Waals surface area (Å²) < 4.78 is 5.77. The normalized spacial score (nSPS) is 15.1. The summed E-state index contributed by atoms with van der Waals surface area (Å²) in [6, 6.07) is 9.02. The van der Waals surface area contributed by atoms with Crippen molar-refractivity contribution in [3.63, 3.8) is 0 Å². The summed E-state index contributed by atoms with van der Waals surface area (Å²) in [5.41, 5.74) is 0. The van der Waals surface area contributed by atoms with Crippen molar-refractivity contribution in [3.8, 4) is 5.75 Å². The van der Waals surface area contributed by atoms with E-state index in [1.165, 1.54) is 17.7 Å². The average molecular weight is 237 g/mol. The fraction of sp³-hybridized carbons (Fsp3) is 0.538. The van der Waals surface area contributed by atoms with Gasteiger partial charge in [-0.15, -0.1) is 11.8 Å². The number of hydrogen-bond donors (Lipinski definition) is 1. The summed E-state index contributed by atoms with van der Waals surface area (Å²) in [6.07, 6.45) is 5.88. The van der Waals surface area contributed by atoms with Gasteiger partial charge in [0.1, 0.15) is 5.75 Å². The summed E-state index contributed by atoms with van der Waals surface area (Å²) in [6.45, 7) is 1.88. The van der Waals surface area contributed by atoms with Gasteiger partial charge in [-0.1, -0.05) is 12.1 Å². The summed E-state index contributed by atoms with van der Waals surface area (Å²) in [5.74, 6) is 1.02. The van der Waals surface area contributed by atoms with Crippen molar-refractivity contribution in [1.82, 2.24) is 5.32 Å². The Morgan fingerprint density at radius 1 is 1.38 bits per heavy atom. The van der Waals surface area contributed by atoms with Gasteiger partial charge in [-0.3, -0.25) is 0 Å². The number of thioether (sulfide) groups is 1. The molecule has 16 heavy (non-hydrogen) atoms. The molecule has 3 heteroatoms. The number of para-hydroxylation sites is 1. The van der Waals surface area contributed by atoms with E-state index >= 15 is 0 Å². The van der Waals surface area contributed by atoms with E-state index in [9.17, 15) is 0 Å². The van der Waals surface area contributed by atoms with Gasteiger partial charge in [0, 0.05) is 10.9 Å². The van der Waals surface area contributed by atoms with E-state index in [1.807, 2.05) is 18.2 Å². The van der Waals surface area contributed by atoms with Gasteiger partial charge in [0.25, 0.3) is 0 Å². The zero-order chi connectivity index (χ0) is 11.2. The molecule has 1 saturated carbocycles. The molecule has 0 bridgehead atoms. The Bertz CT molecular complexity index is 325. The molecule has 1 aromatic rings. The molecule has 0 aromatic heterocycles. The monoisotopic (exact) mass is 237 g/mol. The van der Waals surface area contributed by atoms with E-state index in [-0.39, 0.29) is 0 Å². The van der Waals surface area contributed by atoms with Crippen LogP contribution in [-0.4, -0.2) is 25.4 Å². The van der Waals surface area contributed by atoms with Gasteiger partial charge in [0.05, 0.1) is 6.61 Å². The Morgan fingerprint density at radius 2 is 2.19 bits per heavy atom. The number of hydrogen-bond acceptors (Lipinski definition) is 3. The first-order valence-electron chi connectivity index (χ1n) is 5.89.